The van der Waals surface area contributed by atoms with Gasteiger partial charge in [-0.05, 0) is 24.3 Å². The molecule has 4 nitrogen and oxygen atoms in total. The molecule has 6 heteroatoms. The van der Waals surface area contributed by atoms with Crippen molar-refractivity contribution in [3.63, 3.8) is 0 Å². The van der Waals surface area contributed by atoms with Crippen LogP contribution >= 0.6 is 23.2 Å². The first-order chi connectivity index (χ1) is 8.58. The van der Waals surface area contributed by atoms with Crippen LogP contribution in [0.4, 0.5) is 11.5 Å². The van der Waals surface area contributed by atoms with Crippen molar-refractivity contribution in [1.29, 1.82) is 0 Å². The van der Waals surface area contributed by atoms with Crippen molar-refractivity contribution in [3.8, 4) is 0 Å². The molecule has 1 aromatic carbocycles. The van der Waals surface area contributed by atoms with Gasteiger partial charge >= 0.3 is 0 Å². The van der Waals surface area contributed by atoms with Crippen molar-refractivity contribution in [3.05, 3.63) is 52.1 Å². The van der Waals surface area contributed by atoms with Gasteiger partial charge in [0.15, 0.2) is 0 Å². The predicted octanol–water partition coefficient (Wildman–Crippen LogP) is 3.22. The Labute approximate surface area is 114 Å². The predicted molar refractivity (Wildman–Crippen MR) is 73.1 cm³/mol. The van der Waals surface area contributed by atoms with Crippen LogP contribution < -0.4 is 11.1 Å². The first-order valence-electron chi connectivity index (χ1n) is 5.05. The highest BCUT2D eigenvalue weighted by Crippen LogP contribution is 2.23. The van der Waals surface area contributed by atoms with Crippen molar-refractivity contribution in [1.82, 2.24) is 4.98 Å². The number of nitrogen functional groups attached to an aromatic ring is 1. The number of hydrogen-bond acceptors (Lipinski definition) is 3. The van der Waals surface area contributed by atoms with Crippen LogP contribution in [0.25, 0.3) is 0 Å². The molecule has 92 valence electrons. The standard InChI is InChI=1S/C12H9Cl2N3O/c13-7-4-5-16-10(6-7)17-12(18)11-8(14)2-1-3-9(11)15/h1-6H,15H2,(H,16,17,18). The first kappa shape index (κ1) is 12.7. The van der Waals surface area contributed by atoms with Crippen LogP contribution in [0, 0.1) is 0 Å². The number of halogens is 2. The van der Waals surface area contributed by atoms with E-state index in [9.17, 15) is 4.79 Å². The number of carbonyl (C=O) groups excluding carboxylic acids is 1. The molecule has 1 heterocycles. The van der Waals surface area contributed by atoms with E-state index in [-0.39, 0.29) is 10.6 Å². The fourth-order valence-corrected chi connectivity index (χ4v) is 1.86. The largest absolute Gasteiger partial charge is 0.398 e. The summed E-state index contributed by atoms with van der Waals surface area (Å²) in [7, 11) is 0. The van der Waals surface area contributed by atoms with Crippen molar-refractivity contribution in [2.24, 2.45) is 0 Å². The van der Waals surface area contributed by atoms with E-state index in [1.807, 2.05) is 0 Å². The molecule has 1 amide bonds. The van der Waals surface area contributed by atoms with E-state index < -0.39 is 5.91 Å². The van der Waals surface area contributed by atoms with Crippen LogP contribution in [0.15, 0.2) is 36.5 Å². The quantitative estimate of drug-likeness (QED) is 0.831. The number of carbonyl (C=O) groups is 1. The number of benzene rings is 1. The van der Waals surface area contributed by atoms with Gasteiger partial charge in [-0.15, -0.1) is 0 Å². The molecule has 1 aromatic heterocycles. The molecular weight excluding hydrogens is 273 g/mol. The maximum atomic E-state index is 12.0. The Morgan fingerprint density at radius 2 is 2.06 bits per heavy atom. The lowest BCUT2D eigenvalue weighted by Gasteiger charge is -2.08. The summed E-state index contributed by atoms with van der Waals surface area (Å²) >= 11 is 11.7. The van der Waals surface area contributed by atoms with Gasteiger partial charge in [-0.25, -0.2) is 4.98 Å². The molecule has 0 unspecified atom stereocenters. The van der Waals surface area contributed by atoms with Gasteiger partial charge in [0.05, 0.1) is 10.6 Å². The first-order valence-corrected chi connectivity index (χ1v) is 5.80. The topological polar surface area (TPSA) is 68.0 Å². The molecule has 0 saturated carbocycles. The van der Waals surface area contributed by atoms with Crippen molar-refractivity contribution in [2.75, 3.05) is 11.1 Å². The number of nitrogens with two attached hydrogens (primary N) is 1. The lowest BCUT2D eigenvalue weighted by Crippen LogP contribution is -2.15. The monoisotopic (exact) mass is 281 g/mol. The molecule has 0 saturated heterocycles. The molecule has 0 spiro atoms. The van der Waals surface area contributed by atoms with Crippen LogP contribution in [0.5, 0.6) is 0 Å². The van der Waals surface area contributed by atoms with Gasteiger partial charge < -0.3 is 11.1 Å². The average molecular weight is 282 g/mol. The lowest BCUT2D eigenvalue weighted by atomic mass is 10.1. The fraction of sp³-hybridized carbons (Fsp3) is 0. The molecule has 0 fully saturated rings. The Bertz CT molecular complexity index is 581. The molecule has 2 rings (SSSR count). The number of amides is 1. The Morgan fingerprint density at radius 1 is 1.28 bits per heavy atom. The number of rotatable bonds is 2. The number of pyridine rings is 1. The second kappa shape index (κ2) is 5.25. The van der Waals surface area contributed by atoms with Gasteiger partial charge in [-0.2, -0.15) is 0 Å². The number of aromatic nitrogens is 1. The average Bonchev–Trinajstić information content (AvgIpc) is 2.28. The van der Waals surface area contributed by atoms with Crippen LogP contribution in [-0.4, -0.2) is 10.9 Å². The molecule has 0 aliphatic rings. The van der Waals surface area contributed by atoms with Crippen molar-refractivity contribution in [2.45, 2.75) is 0 Å². The lowest BCUT2D eigenvalue weighted by molar-refractivity contribution is 0.102. The fourth-order valence-electron chi connectivity index (χ4n) is 1.43. The van der Waals surface area contributed by atoms with Gasteiger partial charge in [-0.3, -0.25) is 4.79 Å². The summed E-state index contributed by atoms with van der Waals surface area (Å²) in [5.74, 6) is -0.0836. The Morgan fingerprint density at radius 3 is 2.72 bits per heavy atom. The van der Waals surface area contributed by atoms with E-state index in [2.05, 4.69) is 10.3 Å². The van der Waals surface area contributed by atoms with Crippen molar-refractivity contribution >= 4 is 40.6 Å². The maximum absolute atomic E-state index is 12.0. The minimum atomic E-state index is -0.423. The third-order valence-corrected chi connectivity index (χ3v) is 2.79. The van der Waals surface area contributed by atoms with E-state index >= 15 is 0 Å². The van der Waals surface area contributed by atoms with Gasteiger partial charge in [0.2, 0.25) is 0 Å². The summed E-state index contributed by atoms with van der Waals surface area (Å²) in [6, 6.07) is 8.02. The molecule has 0 radical (unpaired) electrons. The zero-order valence-corrected chi connectivity index (χ0v) is 10.7. The second-order valence-electron chi connectivity index (χ2n) is 3.52. The number of anilines is 2. The summed E-state index contributed by atoms with van der Waals surface area (Å²) in [4.78, 5) is 16.0. The van der Waals surface area contributed by atoms with E-state index in [1.54, 1.807) is 24.3 Å². The van der Waals surface area contributed by atoms with E-state index in [4.69, 9.17) is 28.9 Å². The highest BCUT2D eigenvalue weighted by Gasteiger charge is 2.14. The van der Waals surface area contributed by atoms with Crippen LogP contribution in [0.1, 0.15) is 10.4 Å². The van der Waals surface area contributed by atoms with E-state index in [1.165, 1.54) is 12.3 Å². The summed E-state index contributed by atoms with van der Waals surface area (Å²) < 4.78 is 0. The molecule has 0 aliphatic carbocycles. The van der Waals surface area contributed by atoms with Gasteiger partial charge in [0, 0.05) is 16.9 Å². The highest BCUT2D eigenvalue weighted by molar-refractivity contribution is 6.35. The third kappa shape index (κ3) is 2.72. The summed E-state index contributed by atoms with van der Waals surface area (Å²) in [6.45, 7) is 0. The van der Waals surface area contributed by atoms with E-state index in [0.717, 1.165) is 0 Å². The maximum Gasteiger partial charge on any atom is 0.260 e. The summed E-state index contributed by atoms with van der Waals surface area (Å²) in [6.07, 6.45) is 1.49. The minimum absolute atomic E-state index is 0.223. The SMILES string of the molecule is Nc1cccc(Cl)c1C(=O)Nc1cc(Cl)ccn1. The third-order valence-electron chi connectivity index (χ3n) is 2.24. The number of hydrogen-bond donors (Lipinski definition) is 2. The Balaban J connectivity index is 2.28. The number of nitrogens with one attached hydrogen (secondary N) is 1. The van der Waals surface area contributed by atoms with Crippen molar-refractivity contribution < 1.29 is 4.79 Å². The molecule has 0 bridgehead atoms. The molecule has 2 aromatic rings. The van der Waals surface area contributed by atoms with Gasteiger partial charge in [0.25, 0.3) is 5.91 Å². The molecule has 0 atom stereocenters. The molecule has 18 heavy (non-hydrogen) atoms. The Kier molecular flexibility index (Phi) is 3.69. The Hall–Kier alpha value is -1.78. The molecule has 3 N–H and O–H groups in total. The number of nitrogens with zero attached hydrogens (tertiary/aromatic N) is 1. The smallest absolute Gasteiger partial charge is 0.260 e. The van der Waals surface area contributed by atoms with Gasteiger partial charge in [-0.1, -0.05) is 29.3 Å². The van der Waals surface area contributed by atoms with Crippen LogP contribution in [0.2, 0.25) is 10.0 Å². The molecular formula is C12H9Cl2N3O. The zero-order chi connectivity index (χ0) is 13.1. The summed E-state index contributed by atoms with van der Waals surface area (Å²) in [5.41, 5.74) is 6.24. The normalized spacial score (nSPS) is 10.1. The van der Waals surface area contributed by atoms with Crippen LogP contribution in [0.3, 0.4) is 0 Å². The highest BCUT2D eigenvalue weighted by atomic mass is 35.5. The minimum Gasteiger partial charge on any atom is -0.398 e. The zero-order valence-electron chi connectivity index (χ0n) is 9.15. The van der Waals surface area contributed by atoms with Crippen LogP contribution in [-0.2, 0) is 0 Å². The van der Waals surface area contributed by atoms with E-state index in [0.29, 0.717) is 16.5 Å². The molecule has 0 aliphatic heterocycles. The second-order valence-corrected chi connectivity index (χ2v) is 4.36. The summed E-state index contributed by atoms with van der Waals surface area (Å²) in [5, 5.41) is 3.35. The van der Waals surface area contributed by atoms with Gasteiger partial charge in [0.1, 0.15) is 5.82 Å².